The molecule has 1 aromatic rings. The van der Waals surface area contributed by atoms with Crippen LogP contribution in [-0.4, -0.2) is 24.0 Å². The minimum atomic E-state index is -0.905. The fourth-order valence-corrected chi connectivity index (χ4v) is 2.10. The summed E-state index contributed by atoms with van der Waals surface area (Å²) in [7, 11) is 0. The molecule has 0 radical (unpaired) electrons. The second-order valence-electron chi connectivity index (χ2n) is 5.40. The standard InChI is InChI=1S/C16H15N3O3/c1-16(10-18,13-6-7-13)19-14(20)9-22-15(21)12-4-2-11(8-17)3-5-12/h2-5,13H,6-7,9H2,1H3,(H,19,20)/t16-/m1/s1. The van der Waals surface area contributed by atoms with Crippen LogP contribution in [0.3, 0.4) is 0 Å². The maximum Gasteiger partial charge on any atom is 0.338 e. The number of benzene rings is 1. The van der Waals surface area contributed by atoms with Gasteiger partial charge in [-0.3, -0.25) is 4.79 Å². The molecule has 22 heavy (non-hydrogen) atoms. The minimum Gasteiger partial charge on any atom is -0.452 e. The molecule has 1 aromatic carbocycles. The van der Waals surface area contributed by atoms with Crippen LogP contribution in [-0.2, 0) is 9.53 Å². The zero-order valence-corrected chi connectivity index (χ0v) is 12.1. The maximum atomic E-state index is 11.8. The van der Waals surface area contributed by atoms with Crippen molar-refractivity contribution in [2.75, 3.05) is 6.61 Å². The summed E-state index contributed by atoms with van der Waals surface area (Å²) < 4.78 is 4.91. The van der Waals surface area contributed by atoms with E-state index in [1.54, 1.807) is 6.92 Å². The highest BCUT2D eigenvalue weighted by Crippen LogP contribution is 2.39. The van der Waals surface area contributed by atoms with E-state index < -0.39 is 24.0 Å². The van der Waals surface area contributed by atoms with Gasteiger partial charge in [-0.1, -0.05) is 0 Å². The topological polar surface area (TPSA) is 103 Å². The summed E-state index contributed by atoms with van der Waals surface area (Å²) in [4.78, 5) is 23.6. The number of hydrogen-bond acceptors (Lipinski definition) is 5. The van der Waals surface area contributed by atoms with Gasteiger partial charge < -0.3 is 10.1 Å². The van der Waals surface area contributed by atoms with Gasteiger partial charge in [0.1, 0.15) is 5.54 Å². The fourth-order valence-electron chi connectivity index (χ4n) is 2.10. The molecule has 1 fully saturated rings. The molecule has 1 aliphatic carbocycles. The Morgan fingerprint density at radius 1 is 1.32 bits per heavy atom. The molecule has 1 atom stereocenters. The Morgan fingerprint density at radius 2 is 1.95 bits per heavy atom. The van der Waals surface area contributed by atoms with Gasteiger partial charge in [0.05, 0.1) is 23.3 Å². The van der Waals surface area contributed by atoms with Gasteiger partial charge in [-0.25, -0.2) is 4.79 Å². The third-order valence-corrected chi connectivity index (χ3v) is 3.61. The Kier molecular flexibility index (Phi) is 4.43. The van der Waals surface area contributed by atoms with Crippen LogP contribution in [0.4, 0.5) is 0 Å². The summed E-state index contributed by atoms with van der Waals surface area (Å²) in [5.74, 6) is -0.988. The van der Waals surface area contributed by atoms with E-state index in [0.717, 1.165) is 12.8 Å². The number of nitriles is 2. The summed E-state index contributed by atoms with van der Waals surface area (Å²) >= 11 is 0. The lowest BCUT2D eigenvalue weighted by Crippen LogP contribution is -2.48. The normalized spacial score (nSPS) is 15.8. The second-order valence-corrected chi connectivity index (χ2v) is 5.40. The Hall–Kier alpha value is -2.86. The number of ether oxygens (including phenoxy) is 1. The first-order valence-corrected chi connectivity index (χ1v) is 6.88. The van der Waals surface area contributed by atoms with Gasteiger partial charge in [-0.15, -0.1) is 0 Å². The smallest absolute Gasteiger partial charge is 0.338 e. The van der Waals surface area contributed by atoms with Crippen LogP contribution in [0.1, 0.15) is 35.7 Å². The molecular formula is C16H15N3O3. The predicted molar refractivity (Wildman–Crippen MR) is 76.3 cm³/mol. The predicted octanol–water partition coefficient (Wildman–Crippen LogP) is 1.52. The van der Waals surface area contributed by atoms with E-state index in [1.807, 2.05) is 6.07 Å². The Morgan fingerprint density at radius 3 is 2.45 bits per heavy atom. The number of esters is 1. The molecule has 2 rings (SSSR count). The van der Waals surface area contributed by atoms with Crippen LogP contribution in [0.2, 0.25) is 0 Å². The molecule has 0 heterocycles. The highest BCUT2D eigenvalue weighted by atomic mass is 16.5. The highest BCUT2D eigenvalue weighted by molar-refractivity contribution is 5.91. The Bertz CT molecular complexity index is 665. The molecule has 0 aliphatic heterocycles. The van der Waals surface area contributed by atoms with E-state index in [4.69, 9.17) is 15.3 Å². The third-order valence-electron chi connectivity index (χ3n) is 3.61. The van der Waals surface area contributed by atoms with Crippen molar-refractivity contribution in [1.29, 1.82) is 10.5 Å². The van der Waals surface area contributed by atoms with Crippen LogP contribution in [0.15, 0.2) is 24.3 Å². The molecule has 0 saturated heterocycles. The summed E-state index contributed by atoms with van der Waals surface area (Å²) in [6.45, 7) is 1.23. The first-order valence-electron chi connectivity index (χ1n) is 6.88. The highest BCUT2D eigenvalue weighted by Gasteiger charge is 2.43. The monoisotopic (exact) mass is 297 g/mol. The first-order chi connectivity index (χ1) is 10.5. The van der Waals surface area contributed by atoms with Crippen molar-refractivity contribution in [3.63, 3.8) is 0 Å². The maximum absolute atomic E-state index is 11.8. The van der Waals surface area contributed by atoms with Crippen molar-refractivity contribution in [1.82, 2.24) is 5.32 Å². The molecule has 0 unspecified atom stereocenters. The van der Waals surface area contributed by atoms with Crippen molar-refractivity contribution in [3.8, 4) is 12.1 Å². The molecule has 1 amide bonds. The molecule has 1 N–H and O–H groups in total. The van der Waals surface area contributed by atoms with Gasteiger partial charge in [0.25, 0.3) is 5.91 Å². The van der Waals surface area contributed by atoms with E-state index in [-0.39, 0.29) is 11.5 Å². The molecular weight excluding hydrogens is 282 g/mol. The van der Waals surface area contributed by atoms with Gasteiger partial charge in [-0.2, -0.15) is 10.5 Å². The number of rotatable bonds is 5. The first kappa shape index (κ1) is 15.5. The number of nitrogens with one attached hydrogen (secondary N) is 1. The van der Waals surface area contributed by atoms with Crippen LogP contribution < -0.4 is 5.32 Å². The van der Waals surface area contributed by atoms with Crippen LogP contribution >= 0.6 is 0 Å². The second kappa shape index (κ2) is 6.28. The van der Waals surface area contributed by atoms with Crippen molar-refractivity contribution in [2.24, 2.45) is 5.92 Å². The lowest BCUT2D eigenvalue weighted by molar-refractivity contribution is -0.125. The van der Waals surface area contributed by atoms with E-state index in [0.29, 0.717) is 5.56 Å². The number of hydrogen-bond donors (Lipinski definition) is 1. The largest absolute Gasteiger partial charge is 0.452 e. The zero-order chi connectivity index (χ0) is 16.2. The molecule has 6 heteroatoms. The minimum absolute atomic E-state index is 0.163. The number of amides is 1. The third kappa shape index (κ3) is 3.62. The summed E-state index contributed by atoms with van der Waals surface area (Å²) in [6, 6.07) is 9.96. The van der Waals surface area contributed by atoms with Gasteiger partial charge in [0.2, 0.25) is 0 Å². The van der Waals surface area contributed by atoms with E-state index in [2.05, 4.69) is 11.4 Å². The quantitative estimate of drug-likeness (QED) is 0.830. The molecule has 112 valence electrons. The average molecular weight is 297 g/mol. The number of carbonyl (C=O) groups excluding carboxylic acids is 2. The summed E-state index contributed by atoms with van der Waals surface area (Å²) in [5, 5.41) is 20.4. The molecule has 1 aliphatic rings. The molecule has 0 aromatic heterocycles. The van der Waals surface area contributed by atoms with Crippen LogP contribution in [0.5, 0.6) is 0 Å². The molecule has 1 saturated carbocycles. The van der Waals surface area contributed by atoms with Crippen molar-refractivity contribution in [2.45, 2.75) is 25.3 Å². The average Bonchev–Trinajstić information content (AvgIpc) is 3.38. The van der Waals surface area contributed by atoms with Crippen molar-refractivity contribution < 1.29 is 14.3 Å². The molecule has 0 bridgehead atoms. The lowest BCUT2D eigenvalue weighted by Gasteiger charge is -2.22. The van der Waals surface area contributed by atoms with Gasteiger partial charge in [0, 0.05) is 0 Å². The van der Waals surface area contributed by atoms with E-state index in [9.17, 15) is 9.59 Å². The van der Waals surface area contributed by atoms with E-state index in [1.165, 1.54) is 24.3 Å². The molecule has 0 spiro atoms. The van der Waals surface area contributed by atoms with Gasteiger partial charge >= 0.3 is 5.97 Å². The zero-order valence-electron chi connectivity index (χ0n) is 12.1. The van der Waals surface area contributed by atoms with Crippen LogP contribution in [0, 0.1) is 28.6 Å². The summed E-state index contributed by atoms with van der Waals surface area (Å²) in [5.41, 5.74) is -0.210. The lowest BCUT2D eigenvalue weighted by atomic mass is 9.98. The van der Waals surface area contributed by atoms with Crippen molar-refractivity contribution in [3.05, 3.63) is 35.4 Å². The van der Waals surface area contributed by atoms with Crippen LogP contribution in [0.25, 0.3) is 0 Å². The van der Waals surface area contributed by atoms with Gasteiger partial charge in [0.15, 0.2) is 6.61 Å². The molecule has 6 nitrogen and oxygen atoms in total. The van der Waals surface area contributed by atoms with Gasteiger partial charge in [-0.05, 0) is 49.9 Å². The van der Waals surface area contributed by atoms with Crippen molar-refractivity contribution >= 4 is 11.9 Å². The number of nitrogens with zero attached hydrogens (tertiary/aromatic N) is 2. The fraction of sp³-hybridized carbons (Fsp3) is 0.375. The number of carbonyl (C=O) groups is 2. The SMILES string of the molecule is C[C@](C#N)(NC(=O)COC(=O)c1ccc(C#N)cc1)C1CC1. The Labute approximate surface area is 128 Å². The Balaban J connectivity index is 1.86. The van der Waals surface area contributed by atoms with E-state index >= 15 is 0 Å². The summed E-state index contributed by atoms with van der Waals surface area (Å²) in [6.07, 6.45) is 1.82.